The van der Waals surface area contributed by atoms with Crippen molar-refractivity contribution in [3.05, 3.63) is 0 Å². The van der Waals surface area contributed by atoms with Gasteiger partial charge in [0.1, 0.15) is 0 Å². The summed E-state index contributed by atoms with van der Waals surface area (Å²) in [5, 5.41) is 10.2. The first-order valence-corrected chi connectivity index (χ1v) is 8.47. The fraction of sp³-hybridized carbons (Fsp3) is 0.938. The molecule has 6 heteroatoms. The Morgan fingerprint density at radius 1 is 1.18 bits per heavy atom. The van der Waals surface area contributed by atoms with Crippen molar-refractivity contribution in [1.29, 1.82) is 0 Å². The first kappa shape index (κ1) is 21.9. The molecule has 0 bridgehead atoms. The van der Waals surface area contributed by atoms with Crippen LogP contribution in [0.5, 0.6) is 0 Å². The Kier molecular flexibility index (Phi) is 11.4. The van der Waals surface area contributed by atoms with Crippen LogP contribution < -0.4 is 16.0 Å². The van der Waals surface area contributed by atoms with Crippen LogP contribution in [0.15, 0.2) is 4.99 Å². The Hall–Kier alpha value is -0.0800. The maximum atomic E-state index is 4.75. The molecule has 0 aromatic rings. The number of hydrogen-bond donors (Lipinski definition) is 3. The van der Waals surface area contributed by atoms with E-state index in [1.807, 2.05) is 0 Å². The second kappa shape index (κ2) is 11.5. The average Bonchev–Trinajstić information content (AvgIpc) is 2.87. The van der Waals surface area contributed by atoms with Crippen molar-refractivity contribution in [2.45, 2.75) is 59.0 Å². The summed E-state index contributed by atoms with van der Waals surface area (Å²) in [7, 11) is 0. The number of hydrogen-bond acceptors (Lipinski definition) is 3. The van der Waals surface area contributed by atoms with Crippen LogP contribution in [0, 0.1) is 0 Å². The molecular formula is C16H36IN5. The van der Waals surface area contributed by atoms with Crippen LogP contribution >= 0.6 is 24.0 Å². The Labute approximate surface area is 154 Å². The first-order chi connectivity index (χ1) is 9.96. The van der Waals surface area contributed by atoms with Gasteiger partial charge < -0.3 is 16.0 Å². The lowest BCUT2D eigenvalue weighted by Crippen LogP contribution is -2.45. The average molecular weight is 425 g/mol. The van der Waals surface area contributed by atoms with Gasteiger partial charge >= 0.3 is 0 Å². The number of rotatable bonds is 7. The third-order valence-corrected chi connectivity index (χ3v) is 3.78. The van der Waals surface area contributed by atoms with Crippen molar-refractivity contribution in [1.82, 2.24) is 20.9 Å². The molecule has 1 aliphatic rings. The number of nitrogens with zero attached hydrogens (tertiary/aromatic N) is 2. The lowest BCUT2D eigenvalue weighted by molar-refractivity contribution is 0.273. The van der Waals surface area contributed by atoms with E-state index in [0.29, 0.717) is 6.04 Å². The maximum Gasteiger partial charge on any atom is 0.191 e. The van der Waals surface area contributed by atoms with Crippen LogP contribution in [0.1, 0.15) is 47.5 Å². The molecule has 1 heterocycles. The van der Waals surface area contributed by atoms with Gasteiger partial charge in [0.25, 0.3) is 0 Å². The van der Waals surface area contributed by atoms with Crippen LogP contribution in [0.3, 0.4) is 0 Å². The highest BCUT2D eigenvalue weighted by atomic mass is 127. The fourth-order valence-corrected chi connectivity index (χ4v) is 2.68. The van der Waals surface area contributed by atoms with Gasteiger partial charge in [0.15, 0.2) is 5.96 Å². The molecule has 1 aliphatic heterocycles. The summed E-state index contributed by atoms with van der Waals surface area (Å²) in [4.78, 5) is 7.29. The summed E-state index contributed by atoms with van der Waals surface area (Å²) >= 11 is 0. The lowest BCUT2D eigenvalue weighted by atomic mass is 10.1. The monoisotopic (exact) mass is 425 g/mol. The summed E-state index contributed by atoms with van der Waals surface area (Å²) in [5.41, 5.74) is 0.169. The minimum Gasteiger partial charge on any atom is -0.357 e. The predicted octanol–water partition coefficient (Wildman–Crippen LogP) is 2.03. The zero-order valence-electron chi connectivity index (χ0n) is 15.0. The van der Waals surface area contributed by atoms with Gasteiger partial charge in [0, 0.05) is 31.2 Å². The quantitative estimate of drug-likeness (QED) is 0.253. The lowest BCUT2D eigenvalue weighted by Gasteiger charge is -2.22. The molecule has 1 rings (SSSR count). The Morgan fingerprint density at radius 3 is 2.50 bits per heavy atom. The Bertz CT molecular complexity index is 314. The van der Waals surface area contributed by atoms with Gasteiger partial charge in [-0.05, 0) is 53.6 Å². The maximum absolute atomic E-state index is 4.75. The van der Waals surface area contributed by atoms with Gasteiger partial charge in [0.05, 0.1) is 6.54 Å². The zero-order chi connectivity index (χ0) is 15.7. The number of halogens is 1. The molecule has 0 aromatic heterocycles. The number of likely N-dealkylation sites (tertiary alicyclic amines) is 1. The van der Waals surface area contributed by atoms with E-state index in [2.05, 4.69) is 55.5 Å². The van der Waals surface area contributed by atoms with E-state index in [-0.39, 0.29) is 29.5 Å². The van der Waals surface area contributed by atoms with E-state index < -0.39 is 0 Å². The van der Waals surface area contributed by atoms with Gasteiger partial charge in [-0.1, -0.05) is 6.92 Å². The molecular weight excluding hydrogens is 389 g/mol. The van der Waals surface area contributed by atoms with Gasteiger partial charge in [-0.15, -0.1) is 24.0 Å². The zero-order valence-corrected chi connectivity index (χ0v) is 17.4. The third-order valence-electron chi connectivity index (χ3n) is 3.78. The molecule has 0 saturated carbocycles. The van der Waals surface area contributed by atoms with Gasteiger partial charge in [-0.25, -0.2) is 0 Å². The second-order valence-corrected chi connectivity index (χ2v) is 6.75. The van der Waals surface area contributed by atoms with Crippen molar-refractivity contribution in [2.24, 2.45) is 4.99 Å². The second-order valence-electron chi connectivity index (χ2n) is 6.75. The van der Waals surface area contributed by atoms with Crippen LogP contribution in [-0.4, -0.2) is 61.7 Å². The van der Waals surface area contributed by atoms with Crippen LogP contribution in [0.25, 0.3) is 0 Å². The molecule has 0 amide bonds. The predicted molar refractivity (Wildman–Crippen MR) is 107 cm³/mol. The summed E-state index contributed by atoms with van der Waals surface area (Å²) < 4.78 is 0. The summed E-state index contributed by atoms with van der Waals surface area (Å²) in [6, 6.07) is 0.623. The first-order valence-electron chi connectivity index (χ1n) is 8.47. The number of nitrogens with one attached hydrogen (secondary N) is 3. The number of likely N-dealkylation sites (N-methyl/N-ethyl adjacent to an activating group) is 1. The van der Waals surface area contributed by atoms with Crippen molar-refractivity contribution in [3.8, 4) is 0 Å². The minimum absolute atomic E-state index is 0. The largest absolute Gasteiger partial charge is 0.357 e. The molecule has 1 saturated heterocycles. The normalized spacial score (nSPS) is 19.9. The van der Waals surface area contributed by atoms with Crippen LogP contribution in [0.2, 0.25) is 0 Å². The molecule has 0 radical (unpaired) electrons. The molecule has 22 heavy (non-hydrogen) atoms. The summed E-state index contributed by atoms with van der Waals surface area (Å²) in [6.07, 6.45) is 2.59. The van der Waals surface area contributed by atoms with Crippen molar-refractivity contribution >= 4 is 29.9 Å². The van der Waals surface area contributed by atoms with E-state index in [0.717, 1.165) is 38.7 Å². The van der Waals surface area contributed by atoms with Crippen molar-refractivity contribution in [2.75, 3.05) is 39.3 Å². The molecule has 1 fully saturated rings. The van der Waals surface area contributed by atoms with Crippen molar-refractivity contribution < 1.29 is 0 Å². The van der Waals surface area contributed by atoms with Crippen LogP contribution in [0.4, 0.5) is 0 Å². The standard InChI is InChI=1S/C16H35N5.HI/c1-6-17-15(18-10-11-20-16(3,4)5)19-13-14-9-8-12-21(14)7-2;/h14,20H,6-13H2,1-5H3,(H2,17,18,19);1H. The number of aliphatic imine (C=N–C) groups is 1. The van der Waals surface area contributed by atoms with Crippen molar-refractivity contribution in [3.63, 3.8) is 0 Å². The molecule has 132 valence electrons. The molecule has 1 atom stereocenters. The SMILES string of the molecule is CCNC(=NCC1CCCN1CC)NCCNC(C)(C)C.I. The smallest absolute Gasteiger partial charge is 0.191 e. The third kappa shape index (κ3) is 9.15. The highest BCUT2D eigenvalue weighted by Gasteiger charge is 2.22. The molecule has 1 unspecified atom stereocenters. The van der Waals surface area contributed by atoms with E-state index >= 15 is 0 Å². The molecule has 3 N–H and O–H groups in total. The van der Waals surface area contributed by atoms with E-state index in [1.165, 1.54) is 19.4 Å². The summed E-state index contributed by atoms with van der Waals surface area (Å²) in [6.45, 7) is 16.9. The minimum atomic E-state index is 0. The molecule has 0 aromatic carbocycles. The number of guanidine groups is 1. The summed E-state index contributed by atoms with van der Waals surface area (Å²) in [5.74, 6) is 0.941. The highest BCUT2D eigenvalue weighted by molar-refractivity contribution is 14.0. The molecule has 0 spiro atoms. The highest BCUT2D eigenvalue weighted by Crippen LogP contribution is 2.16. The fourth-order valence-electron chi connectivity index (χ4n) is 2.68. The molecule has 0 aliphatic carbocycles. The van der Waals surface area contributed by atoms with E-state index in [1.54, 1.807) is 0 Å². The van der Waals surface area contributed by atoms with Gasteiger partial charge in [0.2, 0.25) is 0 Å². The molecule has 5 nitrogen and oxygen atoms in total. The van der Waals surface area contributed by atoms with Gasteiger partial charge in [-0.2, -0.15) is 0 Å². The van der Waals surface area contributed by atoms with Crippen LogP contribution in [-0.2, 0) is 0 Å². The van der Waals surface area contributed by atoms with E-state index in [9.17, 15) is 0 Å². The topological polar surface area (TPSA) is 51.7 Å². The Morgan fingerprint density at radius 2 is 1.91 bits per heavy atom. The van der Waals surface area contributed by atoms with Gasteiger partial charge in [-0.3, -0.25) is 9.89 Å². The van der Waals surface area contributed by atoms with E-state index in [4.69, 9.17) is 4.99 Å². The Balaban J connectivity index is 0.00000441.